The molecule has 4 N–H and O–H groups in total. The van der Waals surface area contributed by atoms with Crippen molar-refractivity contribution in [2.24, 2.45) is 11.8 Å². The number of aromatic hydroxyl groups is 4. The van der Waals surface area contributed by atoms with Crippen LogP contribution < -0.4 is 0 Å². The first-order valence-corrected chi connectivity index (χ1v) is 7.47. The van der Waals surface area contributed by atoms with Crippen LogP contribution >= 0.6 is 0 Å². The third-order valence-electron chi connectivity index (χ3n) is 4.75. The molecule has 3 rings (SSSR count). The van der Waals surface area contributed by atoms with Gasteiger partial charge in [0.1, 0.15) is 0 Å². The second-order valence-corrected chi connectivity index (χ2v) is 6.36. The summed E-state index contributed by atoms with van der Waals surface area (Å²) in [5, 5.41) is 39.3. The summed E-state index contributed by atoms with van der Waals surface area (Å²) in [6.07, 6.45) is 1.57. The zero-order chi connectivity index (χ0) is 16.0. The standard InChI is InChI=1S/C18H20O4/c1-9-3-11-5-15(19)17(21)7-13(11)14-8-18(22)16(20)6-12(14)4-10(9)2/h5-10,19-22H,3-4H2,1-2H3/t9-,10-/m0/s1. The summed E-state index contributed by atoms with van der Waals surface area (Å²) in [5.74, 6) is 0.156. The van der Waals surface area contributed by atoms with Crippen LogP contribution in [0.15, 0.2) is 24.3 Å². The average molecular weight is 300 g/mol. The lowest BCUT2D eigenvalue weighted by Gasteiger charge is -2.27. The third-order valence-corrected chi connectivity index (χ3v) is 4.75. The molecule has 2 atom stereocenters. The highest BCUT2D eigenvalue weighted by atomic mass is 16.3. The maximum absolute atomic E-state index is 9.84. The lowest BCUT2D eigenvalue weighted by molar-refractivity contribution is 0.375. The van der Waals surface area contributed by atoms with E-state index in [1.54, 1.807) is 12.1 Å². The summed E-state index contributed by atoms with van der Waals surface area (Å²) in [7, 11) is 0. The minimum absolute atomic E-state index is 0.135. The molecule has 4 nitrogen and oxygen atoms in total. The quantitative estimate of drug-likeness (QED) is 0.561. The van der Waals surface area contributed by atoms with Crippen molar-refractivity contribution in [1.29, 1.82) is 0 Å². The van der Waals surface area contributed by atoms with Gasteiger partial charge in [-0.2, -0.15) is 0 Å². The molecule has 0 amide bonds. The molecule has 1 aliphatic rings. The Bertz CT molecular complexity index is 673. The molecule has 22 heavy (non-hydrogen) atoms. The topological polar surface area (TPSA) is 80.9 Å². The summed E-state index contributed by atoms with van der Waals surface area (Å²) in [6.45, 7) is 4.31. The molecular weight excluding hydrogens is 280 g/mol. The second kappa shape index (κ2) is 5.13. The minimum Gasteiger partial charge on any atom is -0.504 e. The summed E-state index contributed by atoms with van der Waals surface area (Å²) in [4.78, 5) is 0. The molecule has 0 fully saturated rings. The van der Waals surface area contributed by atoms with Crippen molar-refractivity contribution in [2.45, 2.75) is 26.7 Å². The average Bonchev–Trinajstić information content (AvgIpc) is 2.45. The Balaban J connectivity index is 2.30. The number of hydrogen-bond acceptors (Lipinski definition) is 4. The molecule has 0 heterocycles. The number of phenolic OH excluding ortho intramolecular Hbond substituents is 4. The summed E-state index contributed by atoms with van der Waals surface area (Å²) in [5.41, 5.74) is 3.44. The Labute approximate surface area is 129 Å². The second-order valence-electron chi connectivity index (χ2n) is 6.36. The fraction of sp³-hybridized carbons (Fsp3) is 0.333. The van der Waals surface area contributed by atoms with Crippen molar-refractivity contribution in [3.63, 3.8) is 0 Å². The van der Waals surface area contributed by atoms with Gasteiger partial charge in [0, 0.05) is 0 Å². The van der Waals surface area contributed by atoms with E-state index in [0.717, 1.165) is 35.1 Å². The van der Waals surface area contributed by atoms with Crippen molar-refractivity contribution in [1.82, 2.24) is 0 Å². The van der Waals surface area contributed by atoms with Gasteiger partial charge < -0.3 is 20.4 Å². The van der Waals surface area contributed by atoms with E-state index >= 15 is 0 Å². The number of hydrogen-bond donors (Lipinski definition) is 4. The fourth-order valence-corrected chi connectivity index (χ4v) is 3.18. The molecule has 0 saturated carbocycles. The Morgan fingerprint density at radius 1 is 0.636 bits per heavy atom. The van der Waals surface area contributed by atoms with Crippen LogP contribution in [0.25, 0.3) is 11.1 Å². The van der Waals surface area contributed by atoms with E-state index in [2.05, 4.69) is 13.8 Å². The molecule has 2 aromatic rings. The van der Waals surface area contributed by atoms with Gasteiger partial charge in [-0.25, -0.2) is 0 Å². The number of rotatable bonds is 0. The van der Waals surface area contributed by atoms with E-state index in [1.165, 1.54) is 12.1 Å². The predicted molar refractivity (Wildman–Crippen MR) is 84.3 cm³/mol. The van der Waals surface area contributed by atoms with Crippen LogP contribution in [-0.2, 0) is 12.8 Å². The highest BCUT2D eigenvalue weighted by Gasteiger charge is 2.24. The van der Waals surface area contributed by atoms with Crippen molar-refractivity contribution in [3.8, 4) is 34.1 Å². The van der Waals surface area contributed by atoms with Crippen LogP contribution in [0.4, 0.5) is 0 Å². The number of phenols is 4. The smallest absolute Gasteiger partial charge is 0.158 e. The molecule has 0 spiro atoms. The zero-order valence-electron chi connectivity index (χ0n) is 12.7. The number of benzene rings is 2. The first-order valence-electron chi connectivity index (χ1n) is 7.47. The van der Waals surface area contributed by atoms with Gasteiger partial charge >= 0.3 is 0 Å². The zero-order valence-corrected chi connectivity index (χ0v) is 12.7. The summed E-state index contributed by atoms with van der Waals surface area (Å²) in [6, 6.07) is 6.24. The van der Waals surface area contributed by atoms with Crippen LogP contribution in [0.1, 0.15) is 25.0 Å². The maximum atomic E-state index is 9.84. The monoisotopic (exact) mass is 300 g/mol. The number of fused-ring (bicyclic) bond motifs is 3. The predicted octanol–water partition coefficient (Wildman–Crippen LogP) is 3.55. The molecule has 1 aliphatic carbocycles. The molecule has 0 aromatic heterocycles. The van der Waals surface area contributed by atoms with Crippen molar-refractivity contribution < 1.29 is 20.4 Å². The maximum Gasteiger partial charge on any atom is 0.158 e. The molecule has 116 valence electrons. The van der Waals surface area contributed by atoms with Crippen molar-refractivity contribution in [2.75, 3.05) is 0 Å². The van der Waals surface area contributed by atoms with Crippen molar-refractivity contribution >= 4 is 0 Å². The van der Waals surface area contributed by atoms with Crippen LogP contribution in [0.5, 0.6) is 23.0 Å². The normalized spacial score (nSPS) is 20.6. The van der Waals surface area contributed by atoms with E-state index in [9.17, 15) is 20.4 Å². The van der Waals surface area contributed by atoms with E-state index < -0.39 is 0 Å². The highest BCUT2D eigenvalue weighted by molar-refractivity contribution is 5.76. The molecule has 0 bridgehead atoms. The van der Waals surface area contributed by atoms with E-state index in [0.29, 0.717) is 11.8 Å². The van der Waals surface area contributed by atoms with Crippen LogP contribution in [0.2, 0.25) is 0 Å². The van der Waals surface area contributed by atoms with Gasteiger partial charge in [-0.1, -0.05) is 13.8 Å². The van der Waals surface area contributed by atoms with Gasteiger partial charge in [0.05, 0.1) is 0 Å². The van der Waals surface area contributed by atoms with Crippen LogP contribution in [-0.4, -0.2) is 20.4 Å². The summed E-state index contributed by atoms with van der Waals surface area (Å²) >= 11 is 0. The van der Waals surface area contributed by atoms with Crippen LogP contribution in [0, 0.1) is 11.8 Å². The Morgan fingerprint density at radius 2 is 0.955 bits per heavy atom. The van der Waals surface area contributed by atoms with Gasteiger partial charge in [-0.05, 0) is 71.2 Å². The molecule has 0 saturated heterocycles. The van der Waals surface area contributed by atoms with Gasteiger partial charge in [-0.3, -0.25) is 0 Å². The van der Waals surface area contributed by atoms with E-state index in [-0.39, 0.29) is 23.0 Å². The first kappa shape index (κ1) is 14.6. The van der Waals surface area contributed by atoms with Crippen LogP contribution in [0.3, 0.4) is 0 Å². The highest BCUT2D eigenvalue weighted by Crippen LogP contribution is 2.43. The largest absolute Gasteiger partial charge is 0.504 e. The van der Waals surface area contributed by atoms with E-state index in [4.69, 9.17) is 0 Å². The van der Waals surface area contributed by atoms with Gasteiger partial charge in [0.15, 0.2) is 23.0 Å². The lowest BCUT2D eigenvalue weighted by atomic mass is 9.78. The molecule has 2 aromatic carbocycles. The Hall–Kier alpha value is -2.36. The van der Waals surface area contributed by atoms with E-state index in [1.807, 2.05) is 0 Å². The van der Waals surface area contributed by atoms with Gasteiger partial charge in [0.2, 0.25) is 0 Å². The van der Waals surface area contributed by atoms with Gasteiger partial charge in [-0.15, -0.1) is 0 Å². The van der Waals surface area contributed by atoms with Crippen molar-refractivity contribution in [3.05, 3.63) is 35.4 Å². The molecule has 4 heteroatoms. The molecule has 0 radical (unpaired) electrons. The Kier molecular flexibility index (Phi) is 3.39. The Morgan fingerprint density at radius 3 is 1.32 bits per heavy atom. The third kappa shape index (κ3) is 2.34. The fourth-order valence-electron chi connectivity index (χ4n) is 3.18. The summed E-state index contributed by atoms with van der Waals surface area (Å²) < 4.78 is 0. The minimum atomic E-state index is -0.182. The molecular formula is C18H20O4. The van der Waals surface area contributed by atoms with Gasteiger partial charge in [0.25, 0.3) is 0 Å². The SMILES string of the molecule is C[C@H]1Cc2cc(O)c(O)cc2-c2cc(O)c(O)cc2C[C@@H]1C. The molecule has 0 aliphatic heterocycles. The first-order chi connectivity index (χ1) is 10.4. The molecule has 0 unspecified atom stereocenters. The lowest BCUT2D eigenvalue weighted by Crippen LogP contribution is -2.17.